The van der Waals surface area contributed by atoms with Crippen molar-refractivity contribution in [2.75, 3.05) is 6.26 Å². The lowest BCUT2D eigenvalue weighted by Gasteiger charge is -2.09. The number of aromatic nitrogens is 3. The van der Waals surface area contributed by atoms with Crippen molar-refractivity contribution in [3.05, 3.63) is 59.3 Å². The molecule has 5 nitrogen and oxygen atoms in total. The van der Waals surface area contributed by atoms with E-state index in [0.29, 0.717) is 10.3 Å². The molecule has 0 bridgehead atoms. The first-order valence-electron chi connectivity index (χ1n) is 6.51. The summed E-state index contributed by atoms with van der Waals surface area (Å²) in [4.78, 5) is 8.18. The van der Waals surface area contributed by atoms with Gasteiger partial charge in [0.1, 0.15) is 16.7 Å². The maximum atomic E-state index is 13.1. The highest BCUT2D eigenvalue weighted by Gasteiger charge is 2.14. The van der Waals surface area contributed by atoms with Gasteiger partial charge in [-0.1, -0.05) is 0 Å². The summed E-state index contributed by atoms with van der Waals surface area (Å²) in [5.41, 5.74) is 2.14. The summed E-state index contributed by atoms with van der Waals surface area (Å²) in [5, 5.41) is 0.00348. The summed E-state index contributed by atoms with van der Waals surface area (Å²) in [6.07, 6.45) is 4.14. The quantitative estimate of drug-likeness (QED) is 0.682. The zero-order chi connectivity index (χ0) is 16.6. The summed E-state index contributed by atoms with van der Waals surface area (Å²) < 4.78 is 38.4. The Morgan fingerprint density at radius 1 is 1.09 bits per heavy atom. The van der Waals surface area contributed by atoms with E-state index in [9.17, 15) is 12.8 Å². The summed E-state index contributed by atoms with van der Waals surface area (Å²) in [5.74, 6) is -0.324. The second kappa shape index (κ2) is 5.86. The van der Waals surface area contributed by atoms with Crippen LogP contribution in [-0.2, 0) is 9.84 Å². The van der Waals surface area contributed by atoms with Crippen molar-refractivity contribution in [1.82, 2.24) is 14.5 Å². The van der Waals surface area contributed by atoms with Gasteiger partial charge in [0.2, 0.25) is 0 Å². The Hall–Kier alpha value is -2.06. The molecule has 0 radical (unpaired) electrons. The third kappa shape index (κ3) is 3.18. The van der Waals surface area contributed by atoms with E-state index in [1.807, 2.05) is 0 Å². The largest absolute Gasteiger partial charge is 0.296 e. The number of nitrogens with zero attached hydrogens (tertiary/aromatic N) is 3. The highest BCUT2D eigenvalue weighted by molar-refractivity contribution is 9.10. The van der Waals surface area contributed by atoms with Crippen LogP contribution in [0.4, 0.5) is 4.39 Å². The van der Waals surface area contributed by atoms with Gasteiger partial charge in [-0.3, -0.25) is 4.57 Å². The Labute approximate surface area is 140 Å². The minimum absolute atomic E-state index is 0.00348. The molecule has 2 heterocycles. The molecule has 1 aromatic carbocycles. The first-order valence-corrected chi connectivity index (χ1v) is 9.20. The molecule has 0 aliphatic heterocycles. The van der Waals surface area contributed by atoms with E-state index in [1.54, 1.807) is 29.1 Å². The monoisotopic (exact) mass is 395 g/mol. The van der Waals surface area contributed by atoms with Crippen molar-refractivity contribution in [2.24, 2.45) is 0 Å². The van der Waals surface area contributed by atoms with Crippen LogP contribution >= 0.6 is 15.9 Å². The van der Waals surface area contributed by atoms with Crippen LogP contribution in [0.1, 0.15) is 0 Å². The smallest absolute Gasteiger partial charge is 0.192 e. The zero-order valence-corrected chi connectivity index (χ0v) is 14.3. The van der Waals surface area contributed by atoms with Gasteiger partial charge in [0.05, 0.1) is 17.6 Å². The molecule has 0 aliphatic carbocycles. The molecule has 3 aromatic rings. The van der Waals surface area contributed by atoms with Crippen LogP contribution in [0.5, 0.6) is 0 Å². The van der Waals surface area contributed by atoms with Crippen LogP contribution in [0.2, 0.25) is 0 Å². The molecule has 0 amide bonds. The standard InChI is InChI=1S/C15H11BrFN3O2S/c1-23(21,22)13-7-6-12(8-18-13)20-9-19-15(16)14(20)10-2-4-11(17)5-3-10/h2-9H,1H3. The molecular formula is C15H11BrFN3O2S. The van der Waals surface area contributed by atoms with E-state index in [-0.39, 0.29) is 10.8 Å². The molecule has 2 aromatic heterocycles. The van der Waals surface area contributed by atoms with E-state index in [4.69, 9.17) is 0 Å². The Morgan fingerprint density at radius 2 is 1.78 bits per heavy atom. The van der Waals surface area contributed by atoms with Crippen molar-refractivity contribution in [3.63, 3.8) is 0 Å². The Kier molecular flexibility index (Phi) is 4.03. The molecule has 0 saturated heterocycles. The Morgan fingerprint density at radius 3 is 2.35 bits per heavy atom. The Bertz CT molecular complexity index is 951. The van der Waals surface area contributed by atoms with Gasteiger partial charge in [-0.05, 0) is 52.3 Å². The fraction of sp³-hybridized carbons (Fsp3) is 0.0667. The highest BCUT2D eigenvalue weighted by atomic mass is 79.9. The van der Waals surface area contributed by atoms with Crippen LogP contribution in [0.15, 0.2) is 58.6 Å². The van der Waals surface area contributed by atoms with Crippen molar-refractivity contribution in [3.8, 4) is 16.9 Å². The van der Waals surface area contributed by atoms with Gasteiger partial charge in [0.25, 0.3) is 0 Å². The Balaban J connectivity index is 2.10. The van der Waals surface area contributed by atoms with Crippen molar-refractivity contribution in [2.45, 2.75) is 5.03 Å². The molecule has 0 saturated carbocycles. The molecule has 0 fully saturated rings. The van der Waals surface area contributed by atoms with Gasteiger partial charge >= 0.3 is 0 Å². The topological polar surface area (TPSA) is 64.8 Å². The lowest BCUT2D eigenvalue weighted by Crippen LogP contribution is -2.02. The number of pyridine rings is 1. The van der Waals surface area contributed by atoms with Gasteiger partial charge in [-0.25, -0.2) is 22.8 Å². The second-order valence-electron chi connectivity index (χ2n) is 4.89. The fourth-order valence-electron chi connectivity index (χ4n) is 2.12. The number of halogens is 2. The van der Waals surface area contributed by atoms with Crippen molar-refractivity contribution in [1.29, 1.82) is 0 Å². The van der Waals surface area contributed by atoms with Crippen LogP contribution in [0.3, 0.4) is 0 Å². The molecule has 0 aliphatic rings. The van der Waals surface area contributed by atoms with Crippen LogP contribution in [0, 0.1) is 5.82 Å². The molecule has 0 spiro atoms. The van der Waals surface area contributed by atoms with Crippen molar-refractivity contribution >= 4 is 25.8 Å². The third-order valence-electron chi connectivity index (χ3n) is 3.22. The van der Waals surface area contributed by atoms with E-state index < -0.39 is 9.84 Å². The summed E-state index contributed by atoms with van der Waals surface area (Å²) in [7, 11) is -3.35. The predicted octanol–water partition coefficient (Wildman–Crippen LogP) is 3.24. The van der Waals surface area contributed by atoms with Gasteiger partial charge in [-0.15, -0.1) is 0 Å². The van der Waals surface area contributed by atoms with E-state index >= 15 is 0 Å². The van der Waals surface area contributed by atoms with Crippen molar-refractivity contribution < 1.29 is 12.8 Å². The summed E-state index contributed by atoms with van der Waals surface area (Å²) >= 11 is 3.37. The number of hydrogen-bond acceptors (Lipinski definition) is 4. The van der Waals surface area contributed by atoms with Gasteiger partial charge < -0.3 is 0 Å². The minimum Gasteiger partial charge on any atom is -0.296 e. The normalized spacial score (nSPS) is 11.6. The number of hydrogen-bond donors (Lipinski definition) is 0. The highest BCUT2D eigenvalue weighted by Crippen LogP contribution is 2.30. The average Bonchev–Trinajstić information content (AvgIpc) is 2.89. The van der Waals surface area contributed by atoms with Crippen LogP contribution in [-0.4, -0.2) is 29.2 Å². The molecule has 118 valence electrons. The fourth-order valence-corrected chi connectivity index (χ4v) is 3.19. The van der Waals surface area contributed by atoms with Crippen LogP contribution in [0.25, 0.3) is 16.9 Å². The SMILES string of the molecule is CS(=O)(=O)c1ccc(-n2cnc(Br)c2-c2ccc(F)cc2)cn1. The number of sulfone groups is 1. The lowest BCUT2D eigenvalue weighted by atomic mass is 10.1. The minimum atomic E-state index is -3.35. The molecule has 8 heteroatoms. The molecule has 3 rings (SSSR count). The van der Waals surface area contributed by atoms with Crippen LogP contribution < -0.4 is 0 Å². The molecule has 0 N–H and O–H groups in total. The average molecular weight is 396 g/mol. The zero-order valence-electron chi connectivity index (χ0n) is 11.9. The van der Waals surface area contributed by atoms with Gasteiger partial charge in [-0.2, -0.15) is 0 Å². The maximum Gasteiger partial charge on any atom is 0.192 e. The number of rotatable bonds is 3. The first kappa shape index (κ1) is 15.8. The second-order valence-corrected chi connectivity index (χ2v) is 7.60. The van der Waals surface area contributed by atoms with Gasteiger partial charge in [0.15, 0.2) is 14.9 Å². The number of imidazole rings is 1. The molecule has 0 atom stereocenters. The number of benzene rings is 1. The third-order valence-corrected chi connectivity index (χ3v) is 4.80. The summed E-state index contributed by atoms with van der Waals surface area (Å²) in [6, 6.07) is 9.10. The first-order chi connectivity index (χ1) is 10.9. The maximum absolute atomic E-state index is 13.1. The summed E-state index contributed by atoms with van der Waals surface area (Å²) in [6.45, 7) is 0. The molecule has 23 heavy (non-hydrogen) atoms. The van der Waals surface area contributed by atoms with E-state index in [0.717, 1.165) is 17.5 Å². The molecular weight excluding hydrogens is 385 g/mol. The lowest BCUT2D eigenvalue weighted by molar-refractivity contribution is 0.598. The van der Waals surface area contributed by atoms with E-state index in [1.165, 1.54) is 24.4 Å². The van der Waals surface area contributed by atoms with E-state index in [2.05, 4.69) is 25.9 Å². The van der Waals surface area contributed by atoms with Gasteiger partial charge in [0, 0.05) is 11.8 Å². The molecule has 0 unspecified atom stereocenters. The predicted molar refractivity (Wildman–Crippen MR) is 87.6 cm³/mol.